The molecule has 0 saturated heterocycles. The highest BCUT2D eigenvalue weighted by Gasteiger charge is 2.21. The Balaban J connectivity index is 1.40. The molecule has 1 aromatic heterocycles. The molecule has 39 heavy (non-hydrogen) atoms. The summed E-state index contributed by atoms with van der Waals surface area (Å²) in [6.07, 6.45) is -0.986. The van der Waals surface area contributed by atoms with Crippen molar-refractivity contribution in [3.8, 4) is 11.3 Å². The standard InChI is InChI=1S/C29H27Cl2N3O5/c1-17-26(33-29(37)38-18(2)22-8-4-6-10-24(22)31)27(39-34-17)20-13-11-19(12-14-20)16-32-25(28(35)36)15-21-7-3-5-9-23(21)30/h3-14,18,25,32H,15-16H2,1-2H3,(H,33,37)(H,35,36)/t18-,25?/m1/s1. The molecule has 0 saturated carbocycles. The Morgan fingerprint density at radius 3 is 2.33 bits per heavy atom. The topological polar surface area (TPSA) is 114 Å². The summed E-state index contributed by atoms with van der Waals surface area (Å²) < 4.78 is 11.0. The van der Waals surface area contributed by atoms with E-state index < -0.39 is 24.2 Å². The second kappa shape index (κ2) is 12.8. The van der Waals surface area contributed by atoms with E-state index >= 15 is 0 Å². The number of carboxylic acids is 1. The Kier molecular flexibility index (Phi) is 9.24. The van der Waals surface area contributed by atoms with E-state index in [9.17, 15) is 14.7 Å². The zero-order valence-electron chi connectivity index (χ0n) is 21.3. The number of halogens is 2. The molecule has 0 aliphatic carbocycles. The number of carbonyl (C=O) groups excluding carboxylic acids is 1. The van der Waals surface area contributed by atoms with E-state index in [0.717, 1.165) is 11.1 Å². The maximum atomic E-state index is 12.6. The number of rotatable bonds is 10. The highest BCUT2D eigenvalue weighted by Crippen LogP contribution is 2.32. The third-order valence-electron chi connectivity index (χ3n) is 6.17. The summed E-state index contributed by atoms with van der Waals surface area (Å²) in [7, 11) is 0. The smallest absolute Gasteiger partial charge is 0.412 e. The summed E-state index contributed by atoms with van der Waals surface area (Å²) in [5.74, 6) is -0.591. The first-order valence-corrected chi connectivity index (χ1v) is 13.0. The third-order valence-corrected chi connectivity index (χ3v) is 6.88. The van der Waals surface area contributed by atoms with Gasteiger partial charge in [-0.15, -0.1) is 0 Å². The number of nitrogens with one attached hydrogen (secondary N) is 2. The molecule has 0 aliphatic rings. The second-order valence-electron chi connectivity index (χ2n) is 8.93. The van der Waals surface area contributed by atoms with Crippen LogP contribution >= 0.6 is 23.2 Å². The van der Waals surface area contributed by atoms with Gasteiger partial charge in [0.05, 0.1) is 0 Å². The highest BCUT2D eigenvalue weighted by molar-refractivity contribution is 6.31. The molecule has 0 fully saturated rings. The number of hydrogen-bond donors (Lipinski definition) is 3. The number of aromatic nitrogens is 1. The van der Waals surface area contributed by atoms with Gasteiger partial charge in [0.15, 0.2) is 5.76 Å². The van der Waals surface area contributed by atoms with E-state index in [2.05, 4.69) is 15.8 Å². The van der Waals surface area contributed by atoms with Crippen molar-refractivity contribution in [2.45, 2.75) is 39.0 Å². The van der Waals surface area contributed by atoms with Gasteiger partial charge >= 0.3 is 12.1 Å². The molecular formula is C29H27Cl2N3O5. The van der Waals surface area contributed by atoms with Crippen LogP contribution in [0.5, 0.6) is 0 Å². The average Bonchev–Trinajstić information content (AvgIpc) is 3.27. The van der Waals surface area contributed by atoms with E-state index in [4.69, 9.17) is 32.5 Å². The molecule has 8 nitrogen and oxygen atoms in total. The first-order chi connectivity index (χ1) is 18.7. The van der Waals surface area contributed by atoms with Gasteiger partial charge < -0.3 is 19.7 Å². The van der Waals surface area contributed by atoms with Crippen LogP contribution in [-0.2, 0) is 22.5 Å². The number of anilines is 1. The third kappa shape index (κ3) is 7.17. The SMILES string of the molecule is Cc1noc(-c2ccc(CNC(Cc3ccccc3Cl)C(=O)O)cc2)c1NC(=O)O[C@H](C)c1ccccc1Cl. The molecule has 10 heteroatoms. The van der Waals surface area contributed by atoms with Crippen molar-refractivity contribution in [2.24, 2.45) is 0 Å². The van der Waals surface area contributed by atoms with Crippen molar-refractivity contribution in [3.05, 3.63) is 105 Å². The fraction of sp³-hybridized carbons (Fsp3) is 0.207. The van der Waals surface area contributed by atoms with Crippen molar-refractivity contribution < 1.29 is 24.0 Å². The Morgan fingerprint density at radius 2 is 1.67 bits per heavy atom. The number of benzene rings is 3. The van der Waals surface area contributed by atoms with Crippen LogP contribution in [0.1, 0.15) is 35.4 Å². The predicted molar refractivity (Wildman–Crippen MR) is 150 cm³/mol. The number of aryl methyl sites for hydroxylation is 1. The zero-order chi connectivity index (χ0) is 27.9. The number of carbonyl (C=O) groups is 2. The summed E-state index contributed by atoms with van der Waals surface area (Å²) in [6.45, 7) is 3.77. The normalized spacial score (nSPS) is 12.5. The number of ether oxygens (including phenoxy) is 1. The molecular weight excluding hydrogens is 541 g/mol. The summed E-state index contributed by atoms with van der Waals surface area (Å²) in [6, 6.07) is 20.8. The number of carboxylic acid groups (broad SMARTS) is 1. The van der Waals surface area contributed by atoms with Crippen LogP contribution in [0, 0.1) is 6.92 Å². The molecule has 1 amide bonds. The van der Waals surface area contributed by atoms with Crippen LogP contribution in [0.15, 0.2) is 77.3 Å². The summed E-state index contributed by atoms with van der Waals surface area (Å²) in [4.78, 5) is 24.4. The molecule has 0 radical (unpaired) electrons. The van der Waals surface area contributed by atoms with Gasteiger partial charge in [-0.2, -0.15) is 0 Å². The number of nitrogens with zero attached hydrogens (tertiary/aromatic N) is 1. The molecule has 0 spiro atoms. The molecule has 0 bridgehead atoms. The fourth-order valence-corrected chi connectivity index (χ4v) is 4.52. The molecule has 2 atom stereocenters. The van der Waals surface area contributed by atoms with E-state index in [0.29, 0.717) is 44.9 Å². The van der Waals surface area contributed by atoms with Gasteiger partial charge in [-0.05, 0) is 43.5 Å². The minimum absolute atomic E-state index is 0.255. The van der Waals surface area contributed by atoms with Crippen LogP contribution in [0.3, 0.4) is 0 Å². The number of aliphatic carboxylic acids is 1. The largest absolute Gasteiger partial charge is 0.480 e. The number of hydrogen-bond acceptors (Lipinski definition) is 6. The van der Waals surface area contributed by atoms with Gasteiger partial charge in [-0.1, -0.05) is 89.0 Å². The van der Waals surface area contributed by atoms with E-state index in [1.54, 1.807) is 44.2 Å². The monoisotopic (exact) mass is 567 g/mol. The zero-order valence-corrected chi connectivity index (χ0v) is 22.8. The lowest BCUT2D eigenvalue weighted by molar-refractivity contribution is -0.139. The molecule has 3 aromatic carbocycles. The van der Waals surface area contributed by atoms with Crippen molar-refractivity contribution in [1.82, 2.24) is 10.5 Å². The predicted octanol–water partition coefficient (Wildman–Crippen LogP) is 7.05. The Hall–Kier alpha value is -3.85. The first-order valence-electron chi connectivity index (χ1n) is 12.2. The summed E-state index contributed by atoms with van der Waals surface area (Å²) in [5, 5.41) is 20.5. The lowest BCUT2D eigenvalue weighted by Gasteiger charge is -2.16. The molecule has 4 aromatic rings. The molecule has 0 aliphatic heterocycles. The Morgan fingerprint density at radius 1 is 1.00 bits per heavy atom. The molecule has 202 valence electrons. The van der Waals surface area contributed by atoms with Crippen molar-refractivity contribution in [3.63, 3.8) is 0 Å². The maximum absolute atomic E-state index is 12.6. The van der Waals surface area contributed by atoms with Crippen molar-refractivity contribution in [1.29, 1.82) is 0 Å². The van der Waals surface area contributed by atoms with E-state index in [-0.39, 0.29) is 6.42 Å². The van der Waals surface area contributed by atoms with Crippen LogP contribution in [0.4, 0.5) is 10.5 Å². The highest BCUT2D eigenvalue weighted by atomic mass is 35.5. The molecule has 3 N–H and O–H groups in total. The lowest BCUT2D eigenvalue weighted by Crippen LogP contribution is -2.38. The van der Waals surface area contributed by atoms with Gasteiger partial charge in [0.2, 0.25) is 0 Å². The van der Waals surface area contributed by atoms with Crippen LogP contribution in [0.25, 0.3) is 11.3 Å². The quantitative estimate of drug-likeness (QED) is 0.188. The van der Waals surface area contributed by atoms with Crippen LogP contribution in [-0.4, -0.2) is 28.4 Å². The van der Waals surface area contributed by atoms with Gasteiger partial charge in [-0.3, -0.25) is 10.1 Å². The Bertz CT molecular complexity index is 1460. The van der Waals surface area contributed by atoms with Crippen molar-refractivity contribution in [2.75, 3.05) is 5.32 Å². The van der Waals surface area contributed by atoms with Gasteiger partial charge in [-0.25, -0.2) is 4.79 Å². The fourth-order valence-electron chi connectivity index (χ4n) is 4.02. The molecule has 1 unspecified atom stereocenters. The van der Waals surface area contributed by atoms with Crippen LogP contribution in [0.2, 0.25) is 10.0 Å². The van der Waals surface area contributed by atoms with Gasteiger partial charge in [0.25, 0.3) is 0 Å². The van der Waals surface area contributed by atoms with E-state index in [1.165, 1.54) is 0 Å². The van der Waals surface area contributed by atoms with Crippen molar-refractivity contribution >= 4 is 41.0 Å². The maximum Gasteiger partial charge on any atom is 0.412 e. The van der Waals surface area contributed by atoms with Gasteiger partial charge in [0.1, 0.15) is 23.5 Å². The average molecular weight is 568 g/mol. The van der Waals surface area contributed by atoms with Crippen LogP contribution < -0.4 is 10.6 Å². The second-order valence-corrected chi connectivity index (χ2v) is 9.74. The van der Waals surface area contributed by atoms with Gasteiger partial charge in [0, 0.05) is 27.7 Å². The molecule has 1 heterocycles. The summed E-state index contributed by atoms with van der Waals surface area (Å²) in [5.41, 5.74) is 3.88. The lowest BCUT2D eigenvalue weighted by atomic mass is 10.0. The first kappa shape index (κ1) is 28.2. The number of amides is 1. The Labute approximate surface area is 235 Å². The minimum atomic E-state index is -0.963. The summed E-state index contributed by atoms with van der Waals surface area (Å²) >= 11 is 12.4. The molecule has 4 rings (SSSR count). The minimum Gasteiger partial charge on any atom is -0.480 e. The van der Waals surface area contributed by atoms with E-state index in [1.807, 2.05) is 42.5 Å².